The molecule has 2 amide bonds. The molecule has 29 heavy (non-hydrogen) atoms. The van der Waals surface area contributed by atoms with Gasteiger partial charge in [-0.15, -0.1) is 0 Å². The molecule has 0 aromatic heterocycles. The third kappa shape index (κ3) is 3.53. The van der Waals surface area contributed by atoms with Crippen molar-refractivity contribution in [2.75, 3.05) is 19.6 Å². The van der Waals surface area contributed by atoms with E-state index in [-0.39, 0.29) is 41.9 Å². The number of fused-ring (bicyclic) bond motifs is 2. The number of carbonyl (C=O) groups is 2. The molecular weight excluding hydrogens is 364 g/mol. The normalized spacial score (nSPS) is 28.6. The largest absolute Gasteiger partial charge is 0.330 e. The molecule has 0 saturated carbocycles. The van der Waals surface area contributed by atoms with E-state index in [2.05, 4.69) is 49.1 Å². The monoisotopic (exact) mass is 394 g/mol. The van der Waals surface area contributed by atoms with Crippen LogP contribution in [0, 0.1) is 24.2 Å². The Kier molecular flexibility index (Phi) is 5.35. The van der Waals surface area contributed by atoms with E-state index in [1.165, 1.54) is 11.1 Å². The van der Waals surface area contributed by atoms with Crippen LogP contribution in [-0.2, 0) is 9.59 Å². The van der Waals surface area contributed by atoms with Gasteiger partial charge in [0.05, 0.1) is 18.2 Å². The van der Waals surface area contributed by atoms with Gasteiger partial charge in [-0.2, -0.15) is 5.26 Å². The molecule has 3 heterocycles. The molecule has 1 aromatic rings. The summed E-state index contributed by atoms with van der Waals surface area (Å²) in [5, 5.41) is 9.26. The highest BCUT2D eigenvalue weighted by molar-refractivity contribution is 5.86. The number of benzene rings is 1. The fourth-order valence-corrected chi connectivity index (χ4v) is 5.28. The molecule has 6 nitrogen and oxygen atoms in total. The Morgan fingerprint density at radius 1 is 1.28 bits per heavy atom. The second kappa shape index (κ2) is 7.79. The third-order valence-corrected chi connectivity index (χ3v) is 6.91. The average Bonchev–Trinajstić information content (AvgIpc) is 3.41. The number of likely N-dealkylation sites (tertiary alicyclic amines) is 3. The van der Waals surface area contributed by atoms with Gasteiger partial charge in [0, 0.05) is 31.6 Å². The first kappa shape index (κ1) is 19.9. The van der Waals surface area contributed by atoms with Crippen molar-refractivity contribution in [2.24, 2.45) is 5.92 Å². The summed E-state index contributed by atoms with van der Waals surface area (Å²) >= 11 is 0. The van der Waals surface area contributed by atoms with Crippen molar-refractivity contribution in [3.05, 3.63) is 35.4 Å². The van der Waals surface area contributed by atoms with Crippen molar-refractivity contribution >= 4 is 11.8 Å². The quantitative estimate of drug-likeness (QED) is 0.770. The van der Waals surface area contributed by atoms with Crippen LogP contribution in [0.3, 0.4) is 0 Å². The first-order valence-electron chi connectivity index (χ1n) is 10.7. The highest BCUT2D eigenvalue weighted by Gasteiger charge is 2.51. The van der Waals surface area contributed by atoms with E-state index >= 15 is 0 Å². The first-order valence-corrected chi connectivity index (χ1v) is 10.7. The highest BCUT2D eigenvalue weighted by Crippen LogP contribution is 2.38. The summed E-state index contributed by atoms with van der Waals surface area (Å²) in [6.07, 6.45) is 2.52. The molecule has 1 aromatic carbocycles. The summed E-state index contributed by atoms with van der Waals surface area (Å²) in [4.78, 5) is 31.9. The van der Waals surface area contributed by atoms with Gasteiger partial charge in [-0.3, -0.25) is 14.5 Å². The van der Waals surface area contributed by atoms with E-state index in [0.29, 0.717) is 13.1 Å². The number of hydrogen-bond acceptors (Lipinski definition) is 4. The fourth-order valence-electron chi connectivity index (χ4n) is 5.28. The van der Waals surface area contributed by atoms with E-state index in [0.717, 1.165) is 25.8 Å². The van der Waals surface area contributed by atoms with Crippen LogP contribution in [0.1, 0.15) is 50.3 Å². The zero-order valence-electron chi connectivity index (χ0n) is 17.5. The molecule has 5 atom stereocenters. The summed E-state index contributed by atoms with van der Waals surface area (Å²) in [6.45, 7) is 8.19. The smallest absolute Gasteiger partial charge is 0.240 e. The third-order valence-electron chi connectivity index (χ3n) is 6.91. The van der Waals surface area contributed by atoms with Gasteiger partial charge in [0.15, 0.2) is 0 Å². The lowest BCUT2D eigenvalue weighted by atomic mass is 10.0. The summed E-state index contributed by atoms with van der Waals surface area (Å²) in [5.41, 5.74) is 2.39. The molecule has 0 aliphatic carbocycles. The topological polar surface area (TPSA) is 67.7 Å². The Morgan fingerprint density at radius 3 is 2.66 bits per heavy atom. The molecule has 6 heteroatoms. The predicted octanol–water partition coefficient (Wildman–Crippen LogP) is 2.49. The molecule has 2 bridgehead atoms. The van der Waals surface area contributed by atoms with Gasteiger partial charge in [0.25, 0.3) is 0 Å². The number of aryl methyl sites for hydroxylation is 1. The van der Waals surface area contributed by atoms with Crippen LogP contribution >= 0.6 is 0 Å². The van der Waals surface area contributed by atoms with E-state index < -0.39 is 0 Å². The summed E-state index contributed by atoms with van der Waals surface area (Å²) < 4.78 is 0. The Hall–Kier alpha value is -2.39. The maximum Gasteiger partial charge on any atom is 0.240 e. The minimum atomic E-state index is -0.285. The highest BCUT2D eigenvalue weighted by atomic mass is 16.2. The maximum absolute atomic E-state index is 13.1. The van der Waals surface area contributed by atoms with Gasteiger partial charge in [-0.25, -0.2) is 0 Å². The number of nitriles is 1. The molecule has 3 saturated heterocycles. The van der Waals surface area contributed by atoms with Gasteiger partial charge in [0.2, 0.25) is 11.8 Å². The lowest BCUT2D eigenvalue weighted by Gasteiger charge is -2.38. The molecule has 154 valence electrons. The van der Waals surface area contributed by atoms with Crippen molar-refractivity contribution in [3.8, 4) is 6.07 Å². The zero-order chi connectivity index (χ0) is 20.7. The first-order chi connectivity index (χ1) is 13.9. The van der Waals surface area contributed by atoms with E-state index in [4.69, 9.17) is 0 Å². The molecule has 0 spiro atoms. The molecule has 3 fully saturated rings. The van der Waals surface area contributed by atoms with Crippen LogP contribution in [0.5, 0.6) is 0 Å². The van der Waals surface area contributed by atoms with E-state index in [1.807, 2.05) is 11.8 Å². The van der Waals surface area contributed by atoms with E-state index in [9.17, 15) is 14.9 Å². The molecule has 3 aliphatic heterocycles. The molecule has 0 radical (unpaired) electrons. The maximum atomic E-state index is 13.1. The van der Waals surface area contributed by atoms with Gasteiger partial charge in [0.1, 0.15) is 6.04 Å². The standard InChI is InChI=1S/C23H30N4O2/c1-15-6-8-18(9-7-15)17(3)27-20-11-21(23(27)29)25(14-20)13-16(2)22(28)26-10-4-5-19(26)12-24/h6-9,16-17,19-21H,4-5,10-11,13-14H2,1-3H3/t16-,17-,19-,20?,21-/m0/s1. The Labute approximate surface area is 173 Å². The molecular formula is C23H30N4O2. The van der Waals surface area contributed by atoms with E-state index in [1.54, 1.807) is 4.90 Å². The molecule has 1 unspecified atom stereocenters. The van der Waals surface area contributed by atoms with Gasteiger partial charge >= 0.3 is 0 Å². The van der Waals surface area contributed by atoms with Crippen molar-refractivity contribution in [1.82, 2.24) is 14.7 Å². The predicted molar refractivity (Wildman–Crippen MR) is 110 cm³/mol. The number of carbonyl (C=O) groups excluding carboxylic acids is 2. The number of piperazine rings is 1. The Bertz CT molecular complexity index is 830. The van der Waals surface area contributed by atoms with Crippen LogP contribution in [0.15, 0.2) is 24.3 Å². The number of hydrogen-bond donors (Lipinski definition) is 0. The van der Waals surface area contributed by atoms with Crippen molar-refractivity contribution in [3.63, 3.8) is 0 Å². The lowest BCUT2D eigenvalue weighted by molar-refractivity contribution is -0.142. The average molecular weight is 395 g/mol. The van der Waals surface area contributed by atoms with Crippen LogP contribution in [0.2, 0.25) is 0 Å². The number of nitrogens with zero attached hydrogens (tertiary/aromatic N) is 4. The minimum absolute atomic E-state index is 0.0501. The zero-order valence-corrected chi connectivity index (χ0v) is 17.5. The van der Waals surface area contributed by atoms with Gasteiger partial charge < -0.3 is 9.80 Å². The van der Waals surface area contributed by atoms with Gasteiger partial charge in [-0.1, -0.05) is 36.8 Å². The van der Waals surface area contributed by atoms with Crippen LogP contribution in [0.25, 0.3) is 0 Å². The fraction of sp³-hybridized carbons (Fsp3) is 0.609. The van der Waals surface area contributed by atoms with Gasteiger partial charge in [-0.05, 0) is 38.7 Å². The minimum Gasteiger partial charge on any atom is -0.330 e. The molecule has 3 aliphatic rings. The van der Waals surface area contributed by atoms with Crippen molar-refractivity contribution in [1.29, 1.82) is 5.26 Å². The summed E-state index contributed by atoms with van der Waals surface area (Å²) in [5.74, 6) is 0.0401. The molecule has 4 rings (SSSR count). The SMILES string of the molecule is Cc1ccc([C@H](C)N2C(=O)[C@@H]3CC2CN3C[C@H](C)C(=O)N2CCC[C@H]2C#N)cc1. The summed E-state index contributed by atoms with van der Waals surface area (Å²) in [7, 11) is 0. The van der Waals surface area contributed by atoms with Crippen LogP contribution in [-0.4, -0.2) is 64.3 Å². The van der Waals surface area contributed by atoms with Crippen LogP contribution in [0.4, 0.5) is 0 Å². The van der Waals surface area contributed by atoms with Crippen molar-refractivity contribution in [2.45, 2.75) is 64.2 Å². The second-order valence-corrected chi connectivity index (χ2v) is 8.91. The van der Waals surface area contributed by atoms with Crippen LogP contribution < -0.4 is 0 Å². The summed E-state index contributed by atoms with van der Waals surface area (Å²) in [6, 6.07) is 10.5. The number of amides is 2. The molecule has 0 N–H and O–H groups in total. The number of rotatable bonds is 5. The Balaban J connectivity index is 1.39. The lowest BCUT2D eigenvalue weighted by Crippen LogP contribution is -2.53. The second-order valence-electron chi connectivity index (χ2n) is 8.91. The van der Waals surface area contributed by atoms with Crippen molar-refractivity contribution < 1.29 is 9.59 Å². The Morgan fingerprint density at radius 2 is 2.00 bits per heavy atom.